The number of amides is 1. The van der Waals surface area contributed by atoms with Gasteiger partial charge in [-0.3, -0.25) is 14.1 Å². The van der Waals surface area contributed by atoms with E-state index in [9.17, 15) is 13.2 Å². The number of carbonyl (C=O) groups is 1. The summed E-state index contributed by atoms with van der Waals surface area (Å²) in [7, 11) is -2.48. The van der Waals surface area contributed by atoms with Crippen LogP contribution in [0.4, 0.5) is 5.69 Å². The van der Waals surface area contributed by atoms with E-state index >= 15 is 0 Å². The first-order valence-corrected chi connectivity index (χ1v) is 11.7. The van der Waals surface area contributed by atoms with E-state index in [1.165, 1.54) is 0 Å². The molecule has 0 radical (unpaired) electrons. The highest BCUT2D eigenvalue weighted by atomic mass is 32.2. The fourth-order valence-electron chi connectivity index (χ4n) is 3.97. The second-order valence-electron chi connectivity index (χ2n) is 7.61. The highest BCUT2D eigenvalue weighted by Gasteiger charge is 2.29. The van der Waals surface area contributed by atoms with Gasteiger partial charge >= 0.3 is 0 Å². The zero-order chi connectivity index (χ0) is 21.8. The van der Waals surface area contributed by atoms with Crippen molar-refractivity contribution in [1.29, 1.82) is 0 Å². The van der Waals surface area contributed by atoms with Crippen LogP contribution in [0.2, 0.25) is 0 Å². The number of nitrogens with one attached hydrogen (secondary N) is 1. The van der Waals surface area contributed by atoms with Gasteiger partial charge in [0.15, 0.2) is 0 Å². The highest BCUT2D eigenvalue weighted by Crippen LogP contribution is 2.30. The monoisotopic (exact) mass is 439 g/mol. The zero-order valence-corrected chi connectivity index (χ0v) is 18.1. The Morgan fingerprint density at radius 3 is 2.58 bits per heavy atom. The first-order valence-electron chi connectivity index (χ1n) is 10.3. The van der Waals surface area contributed by atoms with Crippen LogP contribution in [0.1, 0.15) is 25.7 Å². The number of hydrogen-bond acceptors (Lipinski definition) is 5. The van der Waals surface area contributed by atoms with Gasteiger partial charge in [-0.2, -0.15) is 0 Å². The molecule has 1 heterocycles. The second-order valence-corrected chi connectivity index (χ2v) is 9.44. The van der Waals surface area contributed by atoms with Crippen LogP contribution >= 0.6 is 0 Å². The smallest absolute Gasteiger partial charge is 0.265 e. The van der Waals surface area contributed by atoms with Crippen LogP contribution < -0.4 is 14.4 Å². The molecule has 1 fully saturated rings. The van der Waals surface area contributed by atoms with Crippen molar-refractivity contribution < 1.29 is 17.9 Å². The molecule has 31 heavy (non-hydrogen) atoms. The molecule has 0 unspecified atom stereocenters. The van der Waals surface area contributed by atoms with E-state index < -0.39 is 10.0 Å². The van der Waals surface area contributed by atoms with Crippen molar-refractivity contribution in [3.8, 4) is 5.75 Å². The molecule has 1 saturated carbocycles. The van der Waals surface area contributed by atoms with Crippen molar-refractivity contribution in [2.24, 2.45) is 0 Å². The molecule has 0 bridgehead atoms. The second kappa shape index (κ2) is 8.93. The van der Waals surface area contributed by atoms with Gasteiger partial charge < -0.3 is 10.1 Å². The maximum absolute atomic E-state index is 13.8. The third-order valence-corrected chi connectivity index (χ3v) is 7.41. The van der Waals surface area contributed by atoms with Crippen LogP contribution in [-0.2, 0) is 14.8 Å². The number of aromatic nitrogens is 1. The number of carbonyl (C=O) groups excluding carboxylic acids is 1. The summed E-state index contributed by atoms with van der Waals surface area (Å²) < 4.78 is 33.9. The number of nitrogens with zero attached hydrogens (tertiary/aromatic N) is 2. The molecular weight excluding hydrogens is 414 g/mol. The number of hydrogen-bond donors (Lipinski definition) is 1. The van der Waals surface area contributed by atoms with E-state index in [0.29, 0.717) is 22.2 Å². The summed E-state index contributed by atoms with van der Waals surface area (Å²) in [4.78, 5) is 17.0. The van der Waals surface area contributed by atoms with E-state index in [1.54, 1.807) is 62.0 Å². The maximum atomic E-state index is 13.8. The van der Waals surface area contributed by atoms with Crippen molar-refractivity contribution in [3.05, 3.63) is 60.9 Å². The van der Waals surface area contributed by atoms with E-state index in [-0.39, 0.29) is 23.4 Å². The Kier molecular flexibility index (Phi) is 6.08. The molecule has 1 aliphatic rings. The van der Waals surface area contributed by atoms with Crippen molar-refractivity contribution in [2.75, 3.05) is 18.0 Å². The largest absolute Gasteiger partial charge is 0.497 e. The summed E-state index contributed by atoms with van der Waals surface area (Å²) in [6, 6.07) is 13.5. The molecule has 0 aliphatic heterocycles. The van der Waals surface area contributed by atoms with E-state index in [2.05, 4.69) is 10.3 Å². The Morgan fingerprint density at radius 1 is 1.13 bits per heavy atom. The molecule has 4 rings (SSSR count). The van der Waals surface area contributed by atoms with Crippen LogP contribution in [0.5, 0.6) is 5.75 Å². The summed E-state index contributed by atoms with van der Waals surface area (Å²) in [6.45, 7) is -0.299. The van der Waals surface area contributed by atoms with Gasteiger partial charge in [0.2, 0.25) is 5.91 Å². The minimum absolute atomic E-state index is 0.108. The van der Waals surface area contributed by atoms with Crippen LogP contribution in [0, 0.1) is 0 Å². The Hall–Kier alpha value is -3.13. The number of ether oxygens (including phenoxy) is 1. The van der Waals surface area contributed by atoms with E-state index in [4.69, 9.17) is 4.74 Å². The highest BCUT2D eigenvalue weighted by molar-refractivity contribution is 7.93. The van der Waals surface area contributed by atoms with Crippen LogP contribution in [0.15, 0.2) is 65.8 Å². The van der Waals surface area contributed by atoms with Gasteiger partial charge in [0.25, 0.3) is 10.0 Å². The van der Waals surface area contributed by atoms with Crippen molar-refractivity contribution in [1.82, 2.24) is 10.3 Å². The Morgan fingerprint density at radius 2 is 1.87 bits per heavy atom. The fraction of sp³-hybridized carbons (Fsp3) is 0.304. The lowest BCUT2D eigenvalue weighted by Gasteiger charge is -2.25. The quantitative estimate of drug-likeness (QED) is 0.609. The molecule has 8 heteroatoms. The molecule has 0 saturated heterocycles. The standard InChI is InChI=1S/C23H25N3O4S/c1-30-20-11-9-19(10-12-20)26(16-23(27)25-18-6-2-3-7-18)31(28,29)22-8-4-5-17-15-24-14-13-21(17)22/h4-5,8-15,18H,2-3,6-7,16H2,1H3,(H,25,27). The number of benzene rings is 2. The van der Waals surface area contributed by atoms with Gasteiger partial charge in [-0.1, -0.05) is 25.0 Å². The van der Waals surface area contributed by atoms with Gasteiger partial charge in [0, 0.05) is 29.2 Å². The zero-order valence-electron chi connectivity index (χ0n) is 17.3. The molecule has 7 nitrogen and oxygen atoms in total. The molecule has 0 spiro atoms. The van der Waals surface area contributed by atoms with Crippen molar-refractivity contribution in [2.45, 2.75) is 36.6 Å². The first-order chi connectivity index (χ1) is 15.0. The summed E-state index contributed by atoms with van der Waals surface area (Å²) >= 11 is 0. The molecule has 0 atom stereocenters. The lowest BCUT2D eigenvalue weighted by atomic mass is 10.2. The number of rotatable bonds is 7. The summed E-state index contributed by atoms with van der Waals surface area (Å²) in [5.74, 6) is 0.293. The maximum Gasteiger partial charge on any atom is 0.265 e. The molecule has 1 N–H and O–H groups in total. The molecule has 3 aromatic rings. The van der Waals surface area contributed by atoms with Gasteiger partial charge in [-0.05, 0) is 49.2 Å². The van der Waals surface area contributed by atoms with Gasteiger partial charge in [-0.25, -0.2) is 8.42 Å². The van der Waals surface area contributed by atoms with Crippen LogP contribution in [-0.4, -0.2) is 39.0 Å². The number of methoxy groups -OCH3 is 1. The number of fused-ring (bicyclic) bond motifs is 1. The molecular formula is C23H25N3O4S. The Labute approximate surface area is 182 Å². The number of pyridine rings is 1. The SMILES string of the molecule is COc1ccc(N(CC(=O)NC2CCCC2)S(=O)(=O)c2cccc3cnccc23)cc1. The summed E-state index contributed by atoms with van der Waals surface area (Å²) in [5.41, 5.74) is 0.397. The number of sulfonamides is 1. The third kappa shape index (κ3) is 4.49. The topological polar surface area (TPSA) is 88.6 Å². The van der Waals surface area contributed by atoms with Gasteiger partial charge in [0.1, 0.15) is 12.3 Å². The van der Waals surface area contributed by atoms with Gasteiger partial charge in [0.05, 0.1) is 17.7 Å². The Bertz CT molecular complexity index is 1170. The fourth-order valence-corrected chi connectivity index (χ4v) is 5.61. The first kappa shape index (κ1) is 21.1. The predicted molar refractivity (Wildman–Crippen MR) is 120 cm³/mol. The van der Waals surface area contributed by atoms with Gasteiger partial charge in [-0.15, -0.1) is 0 Å². The average Bonchev–Trinajstić information content (AvgIpc) is 3.30. The lowest BCUT2D eigenvalue weighted by molar-refractivity contribution is -0.120. The molecule has 162 valence electrons. The molecule has 1 aliphatic carbocycles. The Balaban J connectivity index is 1.73. The van der Waals surface area contributed by atoms with Crippen molar-refractivity contribution >= 4 is 32.4 Å². The van der Waals surface area contributed by atoms with Crippen molar-refractivity contribution in [3.63, 3.8) is 0 Å². The molecule has 2 aromatic carbocycles. The predicted octanol–water partition coefficient (Wildman–Crippen LogP) is 3.50. The normalized spacial score (nSPS) is 14.5. The molecule has 1 amide bonds. The van der Waals surface area contributed by atoms with Crippen LogP contribution in [0.25, 0.3) is 10.8 Å². The molecule has 1 aromatic heterocycles. The van der Waals surface area contributed by atoms with Crippen LogP contribution in [0.3, 0.4) is 0 Å². The lowest BCUT2D eigenvalue weighted by Crippen LogP contribution is -2.43. The summed E-state index contributed by atoms with van der Waals surface area (Å²) in [5, 5.41) is 4.26. The number of anilines is 1. The average molecular weight is 440 g/mol. The minimum Gasteiger partial charge on any atom is -0.497 e. The third-order valence-electron chi connectivity index (χ3n) is 5.58. The summed E-state index contributed by atoms with van der Waals surface area (Å²) in [6.07, 6.45) is 7.20. The minimum atomic E-state index is -4.03. The van der Waals surface area contributed by atoms with E-state index in [0.717, 1.165) is 30.0 Å². The van der Waals surface area contributed by atoms with E-state index in [1.807, 2.05) is 6.07 Å².